The van der Waals surface area contributed by atoms with E-state index in [1.807, 2.05) is 13.8 Å². The molecule has 0 unspecified atom stereocenters. The molecule has 3 N–H and O–H groups in total. The fourth-order valence-electron chi connectivity index (χ4n) is 2.21. The highest BCUT2D eigenvalue weighted by Crippen LogP contribution is 2.23. The van der Waals surface area contributed by atoms with Crippen molar-refractivity contribution in [1.82, 2.24) is 15.3 Å². The van der Waals surface area contributed by atoms with E-state index >= 15 is 0 Å². The van der Waals surface area contributed by atoms with Gasteiger partial charge < -0.3 is 15.7 Å². The van der Waals surface area contributed by atoms with Crippen LogP contribution in [0.1, 0.15) is 58.4 Å². The van der Waals surface area contributed by atoms with Crippen LogP contribution in [0.5, 0.6) is 5.75 Å². The lowest BCUT2D eigenvalue weighted by atomic mass is 10.0. The van der Waals surface area contributed by atoms with E-state index in [4.69, 9.17) is 0 Å². The summed E-state index contributed by atoms with van der Waals surface area (Å²) in [7, 11) is 0. The number of phenolic OH excluding ortho intramolecular Hbond substituents is 1. The quantitative estimate of drug-likeness (QED) is 0.779. The Morgan fingerprint density at radius 3 is 2.31 bits per heavy atom. The Morgan fingerprint density at radius 2 is 1.69 bits per heavy atom. The van der Waals surface area contributed by atoms with Gasteiger partial charge in [-0.2, -0.15) is 0 Å². The lowest BCUT2D eigenvalue weighted by Gasteiger charge is -2.12. The number of carbonyl (C=O) groups excluding carboxylic acids is 2. The van der Waals surface area contributed by atoms with Gasteiger partial charge in [-0.15, -0.1) is 0 Å². The Labute approximate surface area is 153 Å². The molecule has 7 heteroatoms. The molecule has 0 saturated heterocycles. The van der Waals surface area contributed by atoms with Gasteiger partial charge in [0.15, 0.2) is 0 Å². The first kappa shape index (κ1) is 21.1. The summed E-state index contributed by atoms with van der Waals surface area (Å²) >= 11 is 0. The van der Waals surface area contributed by atoms with Crippen molar-refractivity contribution in [2.75, 3.05) is 11.9 Å². The summed E-state index contributed by atoms with van der Waals surface area (Å²) in [4.78, 5) is 32.8. The van der Waals surface area contributed by atoms with Crippen molar-refractivity contribution >= 4 is 17.6 Å². The van der Waals surface area contributed by atoms with Crippen LogP contribution >= 0.6 is 0 Å². The minimum Gasteiger partial charge on any atom is -0.507 e. The average molecular weight is 358 g/mol. The van der Waals surface area contributed by atoms with E-state index in [-0.39, 0.29) is 11.3 Å². The molecule has 0 bridgehead atoms. The number of rotatable bonds is 4. The molecule has 0 saturated carbocycles. The van der Waals surface area contributed by atoms with Gasteiger partial charge in [0, 0.05) is 23.9 Å². The van der Waals surface area contributed by atoms with E-state index in [1.165, 1.54) is 12.1 Å². The first-order chi connectivity index (χ1) is 12.3. The Balaban J connectivity index is 0.00000163. The molecular formula is C19H26N4O3. The second kappa shape index (κ2) is 9.50. The molecule has 1 aromatic carbocycles. The molecule has 140 valence electrons. The number of amides is 2. The second-order valence-electron chi connectivity index (χ2n) is 5.45. The summed E-state index contributed by atoms with van der Waals surface area (Å²) in [6, 6.07) is 2.78. The molecule has 2 aromatic rings. The number of phenols is 1. The van der Waals surface area contributed by atoms with Crippen molar-refractivity contribution in [3.63, 3.8) is 0 Å². The molecule has 0 aliphatic heterocycles. The van der Waals surface area contributed by atoms with Crippen molar-refractivity contribution in [1.29, 1.82) is 0 Å². The molecule has 0 aliphatic carbocycles. The predicted octanol–water partition coefficient (Wildman–Crippen LogP) is 3.14. The number of anilines is 1. The number of nitrogens with zero attached hydrogens (tertiary/aromatic N) is 2. The zero-order chi connectivity index (χ0) is 19.9. The smallest absolute Gasteiger partial charge is 0.257 e. The van der Waals surface area contributed by atoms with Crippen LogP contribution in [0.3, 0.4) is 0 Å². The highest BCUT2D eigenvalue weighted by Gasteiger charge is 2.18. The topological polar surface area (TPSA) is 104 Å². The third kappa shape index (κ3) is 5.02. The summed E-state index contributed by atoms with van der Waals surface area (Å²) in [6.45, 7) is 11.4. The number of hydrogen-bond donors (Lipinski definition) is 3. The zero-order valence-electron chi connectivity index (χ0n) is 16.1. The van der Waals surface area contributed by atoms with E-state index in [1.54, 1.807) is 33.9 Å². The molecule has 2 amide bonds. The Morgan fingerprint density at radius 1 is 1.04 bits per heavy atom. The highest BCUT2D eigenvalue weighted by atomic mass is 16.3. The van der Waals surface area contributed by atoms with E-state index in [0.29, 0.717) is 29.3 Å². The lowest BCUT2D eigenvalue weighted by Crippen LogP contribution is -2.24. The van der Waals surface area contributed by atoms with Gasteiger partial charge in [0.2, 0.25) is 0 Å². The number of benzene rings is 1. The van der Waals surface area contributed by atoms with E-state index < -0.39 is 11.8 Å². The highest BCUT2D eigenvalue weighted by molar-refractivity contribution is 6.07. The van der Waals surface area contributed by atoms with Crippen LogP contribution in [0.15, 0.2) is 18.3 Å². The van der Waals surface area contributed by atoms with Crippen molar-refractivity contribution < 1.29 is 14.7 Å². The number of carbonyl (C=O) groups is 2. The van der Waals surface area contributed by atoms with E-state index in [0.717, 1.165) is 5.56 Å². The van der Waals surface area contributed by atoms with Crippen LogP contribution in [0, 0.1) is 20.8 Å². The van der Waals surface area contributed by atoms with Crippen molar-refractivity contribution in [2.45, 2.75) is 41.5 Å². The number of aromatic nitrogens is 2. The minimum absolute atomic E-state index is 0.0585. The standard InChI is InChI=1S/C17H20N4O3.C2H6/c1-5-18-16(23)13-7-12(9(2)6-14(13)22)17(24)21-15-10(3)8-19-11(4)20-15;1-2/h6-8,22H,5H2,1-4H3,(H,18,23)(H,19,20,21,24);1-2H3. The molecule has 1 heterocycles. The van der Waals surface area contributed by atoms with Gasteiger partial charge in [0.25, 0.3) is 11.8 Å². The predicted molar refractivity (Wildman–Crippen MR) is 102 cm³/mol. The van der Waals surface area contributed by atoms with Crippen LogP contribution in [0.4, 0.5) is 5.82 Å². The Kier molecular flexibility index (Phi) is 7.71. The van der Waals surface area contributed by atoms with Gasteiger partial charge in [-0.25, -0.2) is 9.97 Å². The molecule has 7 nitrogen and oxygen atoms in total. The van der Waals surface area contributed by atoms with Crippen molar-refractivity contribution in [2.24, 2.45) is 0 Å². The third-order valence-electron chi connectivity index (χ3n) is 3.49. The van der Waals surface area contributed by atoms with Gasteiger partial charge >= 0.3 is 0 Å². The van der Waals surface area contributed by atoms with Gasteiger partial charge in [-0.1, -0.05) is 13.8 Å². The monoisotopic (exact) mass is 358 g/mol. The zero-order valence-corrected chi connectivity index (χ0v) is 16.1. The SMILES string of the molecule is CC.CCNC(=O)c1cc(C(=O)Nc2nc(C)ncc2C)c(C)cc1O. The minimum atomic E-state index is -0.432. The number of hydrogen-bond acceptors (Lipinski definition) is 5. The van der Waals surface area contributed by atoms with Gasteiger partial charge in [0.05, 0.1) is 5.56 Å². The maximum Gasteiger partial charge on any atom is 0.257 e. The normalized spacial score (nSPS) is 9.77. The van der Waals surface area contributed by atoms with E-state index in [2.05, 4.69) is 20.6 Å². The van der Waals surface area contributed by atoms with Crippen LogP contribution in [-0.4, -0.2) is 33.4 Å². The molecule has 0 aliphatic rings. The number of aryl methyl sites for hydroxylation is 3. The maximum atomic E-state index is 12.6. The molecule has 0 spiro atoms. The van der Waals surface area contributed by atoms with Crippen LogP contribution in [0.25, 0.3) is 0 Å². The Bertz CT molecular complexity index is 804. The summed E-state index contributed by atoms with van der Waals surface area (Å²) in [5.41, 5.74) is 1.64. The first-order valence-electron chi connectivity index (χ1n) is 8.56. The molecule has 1 aromatic heterocycles. The van der Waals surface area contributed by atoms with Gasteiger partial charge in [0.1, 0.15) is 17.4 Å². The number of aromatic hydroxyl groups is 1. The molecule has 26 heavy (non-hydrogen) atoms. The fourth-order valence-corrected chi connectivity index (χ4v) is 2.21. The number of nitrogens with one attached hydrogen (secondary N) is 2. The van der Waals surface area contributed by atoms with Crippen LogP contribution in [-0.2, 0) is 0 Å². The van der Waals surface area contributed by atoms with Gasteiger partial charge in [-0.3, -0.25) is 9.59 Å². The lowest BCUT2D eigenvalue weighted by molar-refractivity contribution is 0.0953. The summed E-state index contributed by atoms with van der Waals surface area (Å²) in [5.74, 6) is -0.0395. The van der Waals surface area contributed by atoms with E-state index in [9.17, 15) is 14.7 Å². The largest absolute Gasteiger partial charge is 0.507 e. The van der Waals surface area contributed by atoms with Crippen LogP contribution < -0.4 is 10.6 Å². The van der Waals surface area contributed by atoms with Crippen molar-refractivity contribution in [3.05, 3.63) is 46.4 Å². The van der Waals surface area contributed by atoms with Crippen LogP contribution in [0.2, 0.25) is 0 Å². The average Bonchev–Trinajstić information content (AvgIpc) is 2.60. The molecule has 2 rings (SSSR count). The molecule has 0 atom stereocenters. The molecular weight excluding hydrogens is 332 g/mol. The third-order valence-corrected chi connectivity index (χ3v) is 3.49. The molecule has 0 fully saturated rings. The first-order valence-corrected chi connectivity index (χ1v) is 8.56. The Hall–Kier alpha value is -2.96. The van der Waals surface area contributed by atoms with Gasteiger partial charge in [-0.05, 0) is 45.4 Å². The summed E-state index contributed by atoms with van der Waals surface area (Å²) < 4.78 is 0. The summed E-state index contributed by atoms with van der Waals surface area (Å²) in [5, 5.41) is 15.3. The van der Waals surface area contributed by atoms with Crippen molar-refractivity contribution in [3.8, 4) is 5.75 Å². The fraction of sp³-hybridized carbons (Fsp3) is 0.368. The summed E-state index contributed by atoms with van der Waals surface area (Å²) in [6.07, 6.45) is 1.63. The maximum absolute atomic E-state index is 12.6. The molecule has 0 radical (unpaired) electrons. The second-order valence-corrected chi connectivity index (χ2v) is 5.45.